The van der Waals surface area contributed by atoms with Crippen molar-refractivity contribution in [2.75, 3.05) is 13.6 Å². The Morgan fingerprint density at radius 3 is 2.63 bits per heavy atom. The fraction of sp³-hybridized carbons (Fsp3) is 0.550. The number of aryl methyl sites for hydroxylation is 1. The molecule has 0 atom stereocenters. The number of nitrogens with zero attached hydrogens (tertiary/aromatic N) is 1. The van der Waals surface area contributed by atoms with Gasteiger partial charge in [-0.3, -0.25) is 4.99 Å². The minimum Gasteiger partial charge on any atom is -0.361 e. The van der Waals surface area contributed by atoms with E-state index in [4.69, 9.17) is 0 Å². The summed E-state index contributed by atoms with van der Waals surface area (Å²) in [6.45, 7) is 0.761. The highest BCUT2D eigenvalue weighted by molar-refractivity contribution is 5.83. The van der Waals surface area contributed by atoms with E-state index in [1.165, 1.54) is 10.9 Å². The first kappa shape index (κ1) is 19.6. The topological polar surface area (TPSA) is 52.2 Å². The van der Waals surface area contributed by atoms with Crippen molar-refractivity contribution < 1.29 is 13.2 Å². The van der Waals surface area contributed by atoms with E-state index in [2.05, 4.69) is 38.9 Å². The van der Waals surface area contributed by atoms with Crippen LogP contribution < -0.4 is 10.6 Å². The van der Waals surface area contributed by atoms with Gasteiger partial charge in [0, 0.05) is 36.7 Å². The average Bonchev–Trinajstić information content (AvgIpc) is 3.07. The minimum absolute atomic E-state index is 0.0587. The lowest BCUT2D eigenvalue weighted by Crippen LogP contribution is -2.46. The number of hydrogen-bond donors (Lipinski definition) is 3. The van der Waals surface area contributed by atoms with Gasteiger partial charge in [0.25, 0.3) is 0 Å². The third-order valence-electron chi connectivity index (χ3n) is 5.34. The van der Waals surface area contributed by atoms with Crippen molar-refractivity contribution in [3.05, 3.63) is 36.0 Å². The summed E-state index contributed by atoms with van der Waals surface area (Å²) in [5, 5.41) is 7.79. The summed E-state index contributed by atoms with van der Waals surface area (Å²) < 4.78 is 38.3. The number of guanidine groups is 1. The van der Waals surface area contributed by atoms with Crippen LogP contribution in [0.3, 0.4) is 0 Å². The van der Waals surface area contributed by atoms with Crippen molar-refractivity contribution in [3.63, 3.8) is 0 Å². The lowest BCUT2D eigenvalue weighted by Gasteiger charge is -2.31. The standard InChI is InChI=1S/C20H27F3N4/c1-24-19(27-16-10-8-15(9-11-16)20(21,22)23)25-12-4-5-14-13-26-18-7-3-2-6-17(14)18/h2-3,6-7,13,15-16,26H,4-5,8-12H2,1H3,(H2,24,25,27). The van der Waals surface area contributed by atoms with Gasteiger partial charge in [0.15, 0.2) is 5.96 Å². The van der Waals surface area contributed by atoms with Gasteiger partial charge in [-0.25, -0.2) is 0 Å². The smallest absolute Gasteiger partial charge is 0.361 e. The molecule has 3 N–H and O–H groups in total. The molecule has 148 valence electrons. The van der Waals surface area contributed by atoms with Gasteiger partial charge in [-0.15, -0.1) is 0 Å². The molecule has 0 radical (unpaired) electrons. The first-order valence-corrected chi connectivity index (χ1v) is 9.56. The number of alkyl halides is 3. The molecule has 0 aliphatic heterocycles. The fourth-order valence-corrected chi connectivity index (χ4v) is 3.78. The summed E-state index contributed by atoms with van der Waals surface area (Å²) in [4.78, 5) is 7.48. The van der Waals surface area contributed by atoms with E-state index in [0.717, 1.165) is 24.9 Å². The van der Waals surface area contributed by atoms with Gasteiger partial charge in [-0.2, -0.15) is 13.2 Å². The predicted octanol–water partition coefficient (Wildman–Crippen LogP) is 4.39. The lowest BCUT2D eigenvalue weighted by molar-refractivity contribution is -0.182. The van der Waals surface area contributed by atoms with Crippen molar-refractivity contribution >= 4 is 16.9 Å². The van der Waals surface area contributed by atoms with Gasteiger partial charge >= 0.3 is 6.18 Å². The van der Waals surface area contributed by atoms with Crippen LogP contribution in [0.5, 0.6) is 0 Å². The molecule has 0 unspecified atom stereocenters. The quantitative estimate of drug-likeness (QED) is 0.409. The SMILES string of the molecule is CN=C(NCCCc1c[nH]c2ccccc12)NC1CCC(C(F)(F)F)CC1. The number of rotatable bonds is 5. The van der Waals surface area contributed by atoms with E-state index in [1.807, 2.05) is 12.1 Å². The van der Waals surface area contributed by atoms with Crippen molar-refractivity contribution in [1.29, 1.82) is 0 Å². The number of nitrogens with one attached hydrogen (secondary N) is 3. The summed E-state index contributed by atoms with van der Waals surface area (Å²) in [6.07, 6.45) is 1.33. The molecule has 2 aromatic rings. The van der Waals surface area contributed by atoms with Crippen LogP contribution in [0.1, 0.15) is 37.7 Å². The predicted molar refractivity (Wildman–Crippen MR) is 103 cm³/mol. The van der Waals surface area contributed by atoms with E-state index in [0.29, 0.717) is 18.8 Å². The monoisotopic (exact) mass is 380 g/mol. The second-order valence-corrected chi connectivity index (χ2v) is 7.20. The number of hydrogen-bond acceptors (Lipinski definition) is 1. The largest absolute Gasteiger partial charge is 0.391 e. The van der Waals surface area contributed by atoms with Crippen LogP contribution in [-0.4, -0.2) is 36.8 Å². The van der Waals surface area contributed by atoms with Crippen molar-refractivity contribution in [3.8, 4) is 0 Å². The third kappa shape index (κ3) is 5.17. The minimum atomic E-state index is -4.06. The summed E-state index contributed by atoms with van der Waals surface area (Å²) in [6, 6.07) is 8.30. The highest BCUT2D eigenvalue weighted by Gasteiger charge is 2.41. The van der Waals surface area contributed by atoms with Crippen molar-refractivity contribution in [2.24, 2.45) is 10.9 Å². The molecule has 4 nitrogen and oxygen atoms in total. The zero-order valence-corrected chi connectivity index (χ0v) is 15.6. The van der Waals surface area contributed by atoms with E-state index in [-0.39, 0.29) is 18.9 Å². The number of aromatic nitrogens is 1. The highest BCUT2D eigenvalue weighted by Crippen LogP contribution is 2.37. The van der Waals surface area contributed by atoms with E-state index >= 15 is 0 Å². The number of H-pyrrole nitrogens is 1. The molecule has 0 amide bonds. The number of halogens is 3. The highest BCUT2D eigenvalue weighted by atomic mass is 19.4. The van der Waals surface area contributed by atoms with Crippen LogP contribution in [0, 0.1) is 5.92 Å². The van der Waals surface area contributed by atoms with Gasteiger partial charge in [0.2, 0.25) is 0 Å². The van der Waals surface area contributed by atoms with E-state index in [1.54, 1.807) is 7.05 Å². The summed E-state index contributed by atoms with van der Waals surface area (Å²) in [5.74, 6) is -0.480. The van der Waals surface area contributed by atoms with Crippen LogP contribution in [0.4, 0.5) is 13.2 Å². The molecule has 7 heteroatoms. The second kappa shape index (κ2) is 8.67. The zero-order chi connectivity index (χ0) is 19.3. The Balaban J connectivity index is 1.40. The van der Waals surface area contributed by atoms with Crippen LogP contribution in [0.15, 0.2) is 35.5 Å². The third-order valence-corrected chi connectivity index (χ3v) is 5.34. The number of para-hydroxylation sites is 1. The Morgan fingerprint density at radius 1 is 1.19 bits per heavy atom. The van der Waals surface area contributed by atoms with Crippen LogP contribution in [0.25, 0.3) is 10.9 Å². The first-order valence-electron chi connectivity index (χ1n) is 9.56. The van der Waals surface area contributed by atoms with Gasteiger partial charge in [-0.1, -0.05) is 18.2 Å². The second-order valence-electron chi connectivity index (χ2n) is 7.20. The molecule has 1 heterocycles. The van der Waals surface area contributed by atoms with Crippen LogP contribution in [0.2, 0.25) is 0 Å². The molecule has 3 rings (SSSR count). The summed E-state index contributed by atoms with van der Waals surface area (Å²) in [5.41, 5.74) is 2.44. The molecule has 1 fully saturated rings. The number of aromatic amines is 1. The molecule has 1 saturated carbocycles. The molecule has 0 saturated heterocycles. The van der Waals surface area contributed by atoms with Gasteiger partial charge in [0.1, 0.15) is 0 Å². The molecule has 1 aromatic heterocycles. The molecular formula is C20H27F3N4. The lowest BCUT2D eigenvalue weighted by atomic mass is 9.85. The fourth-order valence-electron chi connectivity index (χ4n) is 3.78. The molecular weight excluding hydrogens is 353 g/mol. The maximum atomic E-state index is 12.8. The van der Waals surface area contributed by atoms with Crippen molar-refractivity contribution in [1.82, 2.24) is 15.6 Å². The normalized spacial score (nSPS) is 21.4. The van der Waals surface area contributed by atoms with E-state index < -0.39 is 12.1 Å². The first-order chi connectivity index (χ1) is 13.0. The summed E-state index contributed by atoms with van der Waals surface area (Å²) >= 11 is 0. The van der Waals surface area contributed by atoms with Gasteiger partial charge in [-0.05, 0) is 50.2 Å². The van der Waals surface area contributed by atoms with Crippen molar-refractivity contribution in [2.45, 2.75) is 50.7 Å². The molecule has 0 spiro atoms. The Labute approximate surface area is 157 Å². The maximum absolute atomic E-state index is 12.8. The maximum Gasteiger partial charge on any atom is 0.391 e. The number of benzene rings is 1. The van der Waals surface area contributed by atoms with E-state index in [9.17, 15) is 13.2 Å². The van der Waals surface area contributed by atoms with Gasteiger partial charge < -0.3 is 15.6 Å². The van der Waals surface area contributed by atoms with Crippen LogP contribution >= 0.6 is 0 Å². The molecule has 1 aromatic carbocycles. The molecule has 0 bridgehead atoms. The number of fused-ring (bicyclic) bond motifs is 1. The number of aliphatic imine (C=N–C) groups is 1. The van der Waals surface area contributed by atoms with Crippen LogP contribution in [-0.2, 0) is 6.42 Å². The molecule has 27 heavy (non-hydrogen) atoms. The average molecular weight is 380 g/mol. The van der Waals surface area contributed by atoms with Gasteiger partial charge in [0.05, 0.1) is 5.92 Å². The Morgan fingerprint density at radius 2 is 1.93 bits per heavy atom. The Hall–Kier alpha value is -2.18. The Bertz CT molecular complexity index is 758. The molecule has 1 aliphatic rings. The Kier molecular flexibility index (Phi) is 6.29. The zero-order valence-electron chi connectivity index (χ0n) is 15.6. The summed E-state index contributed by atoms with van der Waals surface area (Å²) in [7, 11) is 1.69. The molecule has 1 aliphatic carbocycles.